The summed E-state index contributed by atoms with van der Waals surface area (Å²) in [6.45, 7) is 2.02. The topological polar surface area (TPSA) is 72.9 Å². The second-order valence-electron chi connectivity index (χ2n) is 4.10. The average Bonchev–Trinajstić information content (AvgIpc) is 2.97. The smallest absolute Gasteiger partial charge is 0.154 e. The van der Waals surface area contributed by atoms with Crippen LogP contribution in [0.25, 0.3) is 5.52 Å². The number of aromatic nitrogens is 6. The predicted octanol–water partition coefficient (Wildman–Crippen LogP) is 1.03. The number of anilines is 1. The summed E-state index contributed by atoms with van der Waals surface area (Å²) >= 11 is 0. The van der Waals surface area contributed by atoms with Crippen molar-refractivity contribution < 1.29 is 0 Å². The number of rotatable bonds is 3. The highest BCUT2D eigenvalue weighted by Crippen LogP contribution is 2.19. The van der Waals surface area contributed by atoms with E-state index in [1.807, 2.05) is 30.8 Å². The summed E-state index contributed by atoms with van der Waals surface area (Å²) in [5.74, 6) is 1.64. The van der Waals surface area contributed by atoms with E-state index in [0.29, 0.717) is 0 Å². The highest BCUT2D eigenvalue weighted by molar-refractivity contribution is 5.67. The largest absolute Gasteiger partial charge is 0.359 e. The summed E-state index contributed by atoms with van der Waals surface area (Å²) in [5.41, 5.74) is 0.937. The molecule has 3 rings (SSSR count). The van der Waals surface area contributed by atoms with Gasteiger partial charge in [-0.3, -0.25) is 0 Å². The number of nitrogens with zero attached hydrogens (tertiary/aromatic N) is 6. The van der Waals surface area contributed by atoms with E-state index >= 15 is 0 Å². The number of fused-ring (bicyclic) bond motifs is 1. The molecule has 18 heavy (non-hydrogen) atoms. The Kier molecular flexibility index (Phi) is 2.44. The number of aryl methyl sites for hydroxylation is 1. The van der Waals surface area contributed by atoms with Gasteiger partial charge in [-0.1, -0.05) is 0 Å². The van der Waals surface area contributed by atoms with E-state index in [1.165, 1.54) is 0 Å². The highest BCUT2D eigenvalue weighted by atomic mass is 15.3. The van der Waals surface area contributed by atoms with Gasteiger partial charge < -0.3 is 9.88 Å². The van der Waals surface area contributed by atoms with Crippen molar-refractivity contribution >= 4 is 11.3 Å². The summed E-state index contributed by atoms with van der Waals surface area (Å²) in [6, 6.07) is 1.93. The molecule has 1 N–H and O–H groups in total. The van der Waals surface area contributed by atoms with Crippen LogP contribution in [0, 0.1) is 0 Å². The molecule has 3 heterocycles. The fourth-order valence-electron chi connectivity index (χ4n) is 1.92. The molecule has 0 amide bonds. The third-order valence-corrected chi connectivity index (χ3v) is 2.81. The van der Waals surface area contributed by atoms with Crippen molar-refractivity contribution in [3.05, 3.63) is 36.8 Å². The Morgan fingerprint density at radius 2 is 2.22 bits per heavy atom. The first-order valence-electron chi connectivity index (χ1n) is 5.64. The molecule has 0 aliphatic heterocycles. The van der Waals surface area contributed by atoms with Gasteiger partial charge in [-0.25, -0.2) is 9.50 Å². The molecule has 7 heteroatoms. The Hall–Kier alpha value is -2.44. The lowest BCUT2D eigenvalue weighted by atomic mass is 10.3. The Balaban J connectivity index is 1.93. The van der Waals surface area contributed by atoms with Crippen molar-refractivity contribution in [2.75, 3.05) is 5.32 Å². The van der Waals surface area contributed by atoms with Gasteiger partial charge in [0.15, 0.2) is 11.6 Å². The normalized spacial score (nSPS) is 12.8. The maximum atomic E-state index is 4.33. The zero-order valence-corrected chi connectivity index (χ0v) is 10.1. The summed E-state index contributed by atoms with van der Waals surface area (Å²) in [4.78, 5) is 4.33. The maximum absolute atomic E-state index is 4.33. The minimum absolute atomic E-state index is 0.0195. The van der Waals surface area contributed by atoms with Gasteiger partial charge in [0, 0.05) is 19.4 Å². The molecule has 0 saturated carbocycles. The van der Waals surface area contributed by atoms with Crippen LogP contribution in [0.4, 0.5) is 5.82 Å². The zero-order valence-electron chi connectivity index (χ0n) is 10.1. The molecular formula is C11H13N7. The molecule has 1 atom stereocenters. The Labute approximate surface area is 103 Å². The summed E-state index contributed by atoms with van der Waals surface area (Å²) < 4.78 is 3.66. The minimum atomic E-state index is 0.0195. The van der Waals surface area contributed by atoms with Gasteiger partial charge in [-0.05, 0) is 13.0 Å². The molecule has 3 aromatic rings. The summed E-state index contributed by atoms with van der Waals surface area (Å²) in [7, 11) is 1.92. The Morgan fingerprint density at radius 3 is 3.00 bits per heavy atom. The molecule has 92 valence electrons. The molecule has 0 aromatic carbocycles. The quantitative estimate of drug-likeness (QED) is 0.743. The van der Waals surface area contributed by atoms with Gasteiger partial charge in [-0.15, -0.1) is 10.2 Å². The van der Waals surface area contributed by atoms with Crippen LogP contribution in [0.1, 0.15) is 18.8 Å². The van der Waals surface area contributed by atoms with Crippen LogP contribution in [0.15, 0.2) is 31.0 Å². The Morgan fingerprint density at radius 1 is 1.33 bits per heavy atom. The van der Waals surface area contributed by atoms with Crippen molar-refractivity contribution in [1.29, 1.82) is 0 Å². The lowest BCUT2D eigenvalue weighted by Crippen LogP contribution is -2.13. The fourth-order valence-corrected chi connectivity index (χ4v) is 1.92. The summed E-state index contributed by atoms with van der Waals surface area (Å²) in [5, 5.41) is 15.4. The molecule has 7 nitrogen and oxygen atoms in total. The standard InChI is InChI=1S/C11H13N7/c1-8(11-16-13-7-17(11)2)15-10-9-3-4-14-18(9)6-5-12-10/h3-8H,1-2H3,(H,12,15). The van der Waals surface area contributed by atoms with Gasteiger partial charge in [0.25, 0.3) is 0 Å². The van der Waals surface area contributed by atoms with Gasteiger partial charge in [-0.2, -0.15) is 5.10 Å². The predicted molar refractivity (Wildman–Crippen MR) is 66.0 cm³/mol. The second kappa shape index (κ2) is 4.10. The number of nitrogens with one attached hydrogen (secondary N) is 1. The zero-order chi connectivity index (χ0) is 12.5. The summed E-state index contributed by atoms with van der Waals surface area (Å²) in [6.07, 6.45) is 6.95. The molecule has 0 aliphatic carbocycles. The van der Waals surface area contributed by atoms with Crippen molar-refractivity contribution in [3.63, 3.8) is 0 Å². The van der Waals surface area contributed by atoms with Crippen LogP contribution in [0.5, 0.6) is 0 Å². The van der Waals surface area contributed by atoms with E-state index in [2.05, 4.69) is 25.6 Å². The molecule has 0 bridgehead atoms. The van der Waals surface area contributed by atoms with E-state index < -0.39 is 0 Å². The van der Waals surface area contributed by atoms with Gasteiger partial charge >= 0.3 is 0 Å². The molecule has 0 spiro atoms. The van der Waals surface area contributed by atoms with Crippen molar-refractivity contribution in [2.45, 2.75) is 13.0 Å². The van der Waals surface area contributed by atoms with Crippen LogP contribution in [-0.2, 0) is 7.05 Å². The van der Waals surface area contributed by atoms with Gasteiger partial charge in [0.2, 0.25) is 0 Å². The van der Waals surface area contributed by atoms with Crippen molar-refractivity contribution in [1.82, 2.24) is 29.4 Å². The van der Waals surface area contributed by atoms with E-state index in [0.717, 1.165) is 17.2 Å². The molecule has 0 aliphatic rings. The Bertz CT molecular complexity index is 669. The van der Waals surface area contributed by atoms with Gasteiger partial charge in [0.1, 0.15) is 11.8 Å². The van der Waals surface area contributed by atoms with Crippen molar-refractivity contribution in [2.24, 2.45) is 7.05 Å². The van der Waals surface area contributed by atoms with E-state index in [1.54, 1.807) is 23.2 Å². The lowest BCUT2D eigenvalue weighted by Gasteiger charge is -2.14. The maximum Gasteiger partial charge on any atom is 0.154 e. The third kappa shape index (κ3) is 1.69. The van der Waals surface area contributed by atoms with Gasteiger partial charge in [0.05, 0.1) is 12.2 Å². The number of hydrogen-bond acceptors (Lipinski definition) is 5. The molecule has 0 fully saturated rings. The lowest BCUT2D eigenvalue weighted by molar-refractivity contribution is 0.716. The van der Waals surface area contributed by atoms with Crippen LogP contribution < -0.4 is 5.32 Å². The molecule has 0 radical (unpaired) electrons. The average molecular weight is 243 g/mol. The molecule has 1 unspecified atom stereocenters. The van der Waals surface area contributed by atoms with E-state index in [-0.39, 0.29) is 6.04 Å². The third-order valence-electron chi connectivity index (χ3n) is 2.81. The highest BCUT2D eigenvalue weighted by Gasteiger charge is 2.13. The first-order valence-corrected chi connectivity index (χ1v) is 5.64. The van der Waals surface area contributed by atoms with Crippen LogP contribution in [-0.4, -0.2) is 29.4 Å². The fraction of sp³-hybridized carbons (Fsp3) is 0.273. The van der Waals surface area contributed by atoms with Crippen LogP contribution in [0.2, 0.25) is 0 Å². The van der Waals surface area contributed by atoms with E-state index in [9.17, 15) is 0 Å². The first-order chi connectivity index (χ1) is 8.75. The molecule has 3 aromatic heterocycles. The molecule has 0 saturated heterocycles. The monoisotopic (exact) mass is 243 g/mol. The molecular weight excluding hydrogens is 230 g/mol. The van der Waals surface area contributed by atoms with Crippen LogP contribution >= 0.6 is 0 Å². The van der Waals surface area contributed by atoms with Crippen LogP contribution in [0.3, 0.4) is 0 Å². The SMILES string of the molecule is CC(Nc1nccn2nccc12)c1nncn1C. The second-order valence-corrected chi connectivity index (χ2v) is 4.10. The minimum Gasteiger partial charge on any atom is -0.359 e. The number of hydrogen-bond donors (Lipinski definition) is 1. The van der Waals surface area contributed by atoms with E-state index in [4.69, 9.17) is 0 Å². The first kappa shape index (κ1) is 10.7. The van der Waals surface area contributed by atoms with Crippen molar-refractivity contribution in [3.8, 4) is 0 Å².